The summed E-state index contributed by atoms with van der Waals surface area (Å²) in [6.07, 6.45) is 3.64. The second kappa shape index (κ2) is 4.18. The zero-order valence-electron chi connectivity index (χ0n) is 10.6. The number of pyridine rings is 1. The van der Waals surface area contributed by atoms with Crippen molar-refractivity contribution >= 4 is 16.7 Å². The molecule has 3 aromatic heterocycles. The third-order valence-corrected chi connectivity index (χ3v) is 3.44. The number of aromatic nitrogens is 4. The number of nitrogens with zero attached hydrogens (tertiary/aromatic N) is 4. The van der Waals surface area contributed by atoms with E-state index in [0.29, 0.717) is 5.82 Å². The molecule has 4 aromatic rings. The third-order valence-electron chi connectivity index (χ3n) is 3.44. The van der Waals surface area contributed by atoms with Crippen LogP contribution in [0.5, 0.6) is 0 Å². The lowest BCUT2D eigenvalue weighted by molar-refractivity contribution is 0.275. The summed E-state index contributed by atoms with van der Waals surface area (Å²) in [5.74, 6) is 0.715. The van der Waals surface area contributed by atoms with Crippen LogP contribution in [0.3, 0.4) is 0 Å². The van der Waals surface area contributed by atoms with Crippen molar-refractivity contribution in [2.75, 3.05) is 0 Å². The van der Waals surface area contributed by atoms with Crippen molar-refractivity contribution < 1.29 is 5.11 Å². The minimum Gasteiger partial charge on any atom is -0.390 e. The summed E-state index contributed by atoms with van der Waals surface area (Å²) in [4.78, 5) is 8.97. The van der Waals surface area contributed by atoms with Gasteiger partial charge < -0.3 is 5.11 Å². The SMILES string of the molecule is OCc1c(-n2cnc3ccccc32)nc2ccccn12. The summed E-state index contributed by atoms with van der Waals surface area (Å²) in [6, 6.07) is 13.6. The van der Waals surface area contributed by atoms with Crippen LogP contribution in [-0.2, 0) is 6.61 Å². The highest BCUT2D eigenvalue weighted by Crippen LogP contribution is 2.21. The van der Waals surface area contributed by atoms with Crippen LogP contribution in [-0.4, -0.2) is 24.0 Å². The first-order valence-corrected chi connectivity index (χ1v) is 6.38. The Morgan fingerprint density at radius 3 is 2.80 bits per heavy atom. The summed E-state index contributed by atoms with van der Waals surface area (Å²) in [5, 5.41) is 9.68. The Kier molecular flexibility index (Phi) is 2.34. The molecule has 0 aliphatic rings. The van der Waals surface area contributed by atoms with Crippen LogP contribution in [0.25, 0.3) is 22.5 Å². The maximum absolute atomic E-state index is 9.68. The van der Waals surface area contributed by atoms with E-state index in [0.717, 1.165) is 22.4 Å². The average Bonchev–Trinajstić information content (AvgIpc) is 3.07. The van der Waals surface area contributed by atoms with Crippen LogP contribution in [0.15, 0.2) is 55.0 Å². The lowest BCUT2D eigenvalue weighted by atomic mass is 10.3. The highest BCUT2D eigenvalue weighted by atomic mass is 16.3. The number of aliphatic hydroxyl groups is 1. The molecule has 0 amide bonds. The minimum atomic E-state index is -0.0764. The molecule has 0 atom stereocenters. The fraction of sp³-hybridized carbons (Fsp3) is 0.0667. The molecular weight excluding hydrogens is 252 g/mol. The third kappa shape index (κ3) is 1.47. The van der Waals surface area contributed by atoms with E-state index >= 15 is 0 Å². The summed E-state index contributed by atoms with van der Waals surface area (Å²) >= 11 is 0. The molecule has 1 N–H and O–H groups in total. The number of rotatable bonds is 2. The molecule has 5 nitrogen and oxygen atoms in total. The highest BCUT2D eigenvalue weighted by molar-refractivity contribution is 5.77. The summed E-state index contributed by atoms with van der Waals surface area (Å²) in [7, 11) is 0. The van der Waals surface area contributed by atoms with Crippen LogP contribution in [0.2, 0.25) is 0 Å². The molecule has 98 valence electrons. The monoisotopic (exact) mass is 264 g/mol. The van der Waals surface area contributed by atoms with Gasteiger partial charge in [-0.05, 0) is 24.3 Å². The number of hydrogen-bond acceptors (Lipinski definition) is 3. The first kappa shape index (κ1) is 11.2. The first-order chi connectivity index (χ1) is 9.88. The highest BCUT2D eigenvalue weighted by Gasteiger charge is 2.14. The van der Waals surface area contributed by atoms with Crippen LogP contribution in [0.1, 0.15) is 5.69 Å². The van der Waals surface area contributed by atoms with E-state index in [1.165, 1.54) is 0 Å². The van der Waals surface area contributed by atoms with E-state index < -0.39 is 0 Å². The fourth-order valence-electron chi connectivity index (χ4n) is 2.50. The Balaban J connectivity index is 2.07. The van der Waals surface area contributed by atoms with E-state index in [1.54, 1.807) is 6.33 Å². The van der Waals surface area contributed by atoms with Gasteiger partial charge in [0.05, 0.1) is 23.3 Å². The Labute approximate surface area is 114 Å². The molecule has 0 aliphatic heterocycles. The van der Waals surface area contributed by atoms with Crippen molar-refractivity contribution in [2.45, 2.75) is 6.61 Å². The Bertz CT molecular complexity index is 906. The van der Waals surface area contributed by atoms with E-state index in [2.05, 4.69) is 9.97 Å². The predicted octanol–water partition coefficient (Wildman–Crippen LogP) is 2.17. The maximum atomic E-state index is 9.68. The molecule has 5 heteroatoms. The summed E-state index contributed by atoms with van der Waals surface area (Å²) < 4.78 is 3.80. The van der Waals surface area contributed by atoms with Gasteiger partial charge in [-0.25, -0.2) is 9.97 Å². The van der Waals surface area contributed by atoms with Gasteiger partial charge in [-0.15, -0.1) is 0 Å². The molecule has 20 heavy (non-hydrogen) atoms. The van der Waals surface area contributed by atoms with Gasteiger partial charge in [0.2, 0.25) is 0 Å². The van der Waals surface area contributed by atoms with Crippen molar-refractivity contribution in [3.8, 4) is 5.82 Å². The quantitative estimate of drug-likeness (QED) is 0.603. The molecule has 0 bridgehead atoms. The smallest absolute Gasteiger partial charge is 0.163 e. The van der Waals surface area contributed by atoms with Gasteiger partial charge in [-0.2, -0.15) is 0 Å². The van der Waals surface area contributed by atoms with Gasteiger partial charge >= 0.3 is 0 Å². The van der Waals surface area contributed by atoms with E-state index in [9.17, 15) is 5.11 Å². The average molecular weight is 264 g/mol. The molecule has 0 unspecified atom stereocenters. The zero-order valence-corrected chi connectivity index (χ0v) is 10.6. The number of aliphatic hydroxyl groups excluding tert-OH is 1. The van der Waals surface area contributed by atoms with Crippen molar-refractivity contribution in [1.82, 2.24) is 18.9 Å². The Hall–Kier alpha value is -2.66. The molecule has 1 aromatic carbocycles. The molecule has 0 spiro atoms. The lowest BCUT2D eigenvalue weighted by Gasteiger charge is -2.03. The lowest BCUT2D eigenvalue weighted by Crippen LogP contribution is -1.99. The standard InChI is InChI=1S/C15H12N4O/c20-9-13-15(17-14-7-3-4-8-18(13)14)19-10-16-11-5-1-2-6-12(11)19/h1-8,10,20H,9H2. The van der Waals surface area contributed by atoms with Crippen LogP contribution in [0.4, 0.5) is 0 Å². The van der Waals surface area contributed by atoms with Gasteiger partial charge in [0.15, 0.2) is 5.82 Å². The Morgan fingerprint density at radius 1 is 1.05 bits per heavy atom. The molecule has 0 fully saturated rings. The van der Waals surface area contributed by atoms with Crippen molar-refractivity contribution in [1.29, 1.82) is 0 Å². The predicted molar refractivity (Wildman–Crippen MR) is 75.7 cm³/mol. The van der Waals surface area contributed by atoms with E-state index in [4.69, 9.17) is 0 Å². The van der Waals surface area contributed by atoms with Crippen molar-refractivity contribution in [3.05, 3.63) is 60.7 Å². The zero-order chi connectivity index (χ0) is 13.5. The number of para-hydroxylation sites is 2. The van der Waals surface area contributed by atoms with Crippen LogP contribution in [0, 0.1) is 0 Å². The number of imidazole rings is 2. The molecule has 0 saturated heterocycles. The van der Waals surface area contributed by atoms with Gasteiger partial charge in [-0.1, -0.05) is 18.2 Å². The van der Waals surface area contributed by atoms with Crippen LogP contribution < -0.4 is 0 Å². The number of hydrogen-bond donors (Lipinski definition) is 1. The van der Waals surface area contributed by atoms with Gasteiger partial charge in [-0.3, -0.25) is 8.97 Å². The normalized spacial score (nSPS) is 11.4. The van der Waals surface area contributed by atoms with E-state index in [1.807, 2.05) is 57.6 Å². The molecule has 4 rings (SSSR count). The van der Waals surface area contributed by atoms with E-state index in [-0.39, 0.29) is 6.61 Å². The summed E-state index contributed by atoms with van der Waals surface area (Å²) in [6.45, 7) is -0.0764. The second-order valence-corrected chi connectivity index (χ2v) is 4.57. The fourth-order valence-corrected chi connectivity index (χ4v) is 2.50. The van der Waals surface area contributed by atoms with Crippen molar-refractivity contribution in [2.24, 2.45) is 0 Å². The molecular formula is C15H12N4O. The number of benzene rings is 1. The van der Waals surface area contributed by atoms with Gasteiger partial charge in [0.25, 0.3) is 0 Å². The van der Waals surface area contributed by atoms with Crippen molar-refractivity contribution in [3.63, 3.8) is 0 Å². The Morgan fingerprint density at radius 2 is 1.90 bits per heavy atom. The molecule has 0 saturated carbocycles. The van der Waals surface area contributed by atoms with Crippen LogP contribution >= 0.6 is 0 Å². The largest absolute Gasteiger partial charge is 0.390 e. The minimum absolute atomic E-state index is 0.0764. The topological polar surface area (TPSA) is 55.3 Å². The molecule has 0 aliphatic carbocycles. The van der Waals surface area contributed by atoms with Gasteiger partial charge in [0.1, 0.15) is 12.0 Å². The van der Waals surface area contributed by atoms with Gasteiger partial charge in [0, 0.05) is 6.20 Å². The summed E-state index contributed by atoms with van der Waals surface area (Å²) in [5.41, 5.74) is 3.45. The maximum Gasteiger partial charge on any atom is 0.163 e. The molecule has 0 radical (unpaired) electrons. The first-order valence-electron chi connectivity index (χ1n) is 6.38. The molecule has 3 heterocycles. The second-order valence-electron chi connectivity index (χ2n) is 4.57. The number of fused-ring (bicyclic) bond motifs is 2.